The molecule has 1 saturated carbocycles. The number of anilines is 1. The molecule has 1 aliphatic rings. The van der Waals surface area contributed by atoms with Gasteiger partial charge < -0.3 is 5.32 Å². The van der Waals surface area contributed by atoms with Crippen molar-refractivity contribution < 1.29 is 17.4 Å². The number of hydrogen-bond donors (Lipinski definition) is 1. The molecular formula is C13H18F3N3OS. The maximum absolute atomic E-state index is 12.4. The molecule has 0 amide bonds. The van der Waals surface area contributed by atoms with Crippen LogP contribution in [0.15, 0.2) is 12.1 Å². The highest BCUT2D eigenvalue weighted by molar-refractivity contribution is 7.85. The Kier molecular flexibility index (Phi) is 5.18. The molecule has 21 heavy (non-hydrogen) atoms. The van der Waals surface area contributed by atoms with E-state index in [1.807, 2.05) is 6.92 Å². The summed E-state index contributed by atoms with van der Waals surface area (Å²) in [5.74, 6) is 0.884. The molecule has 1 N–H and O–H groups in total. The van der Waals surface area contributed by atoms with Crippen molar-refractivity contribution in [3.8, 4) is 0 Å². The Balaban J connectivity index is 2.07. The maximum Gasteiger partial charge on any atom is 0.435 e. The van der Waals surface area contributed by atoms with E-state index < -0.39 is 22.7 Å². The molecule has 1 heterocycles. The third-order valence-corrected chi connectivity index (χ3v) is 5.42. The zero-order chi connectivity index (χ0) is 15.5. The van der Waals surface area contributed by atoms with Crippen molar-refractivity contribution in [2.45, 2.75) is 50.1 Å². The first-order valence-corrected chi connectivity index (χ1v) is 8.34. The normalized spacial score (nSPS) is 24.6. The summed E-state index contributed by atoms with van der Waals surface area (Å²) < 4.78 is 49.3. The van der Waals surface area contributed by atoms with Gasteiger partial charge in [0.15, 0.2) is 5.69 Å². The Bertz CT molecular complexity index is 492. The summed E-state index contributed by atoms with van der Waals surface area (Å²) in [6, 6.07) is 2.16. The van der Waals surface area contributed by atoms with E-state index in [9.17, 15) is 17.4 Å². The van der Waals surface area contributed by atoms with Crippen molar-refractivity contribution in [3.05, 3.63) is 17.8 Å². The van der Waals surface area contributed by atoms with Crippen LogP contribution in [0.1, 0.15) is 38.3 Å². The lowest BCUT2D eigenvalue weighted by Crippen LogP contribution is -2.40. The van der Waals surface area contributed by atoms with Crippen LogP contribution in [0.25, 0.3) is 0 Å². The highest BCUT2D eigenvalue weighted by Gasteiger charge is 2.33. The summed E-state index contributed by atoms with van der Waals surface area (Å²) in [6.07, 6.45) is -0.718. The van der Waals surface area contributed by atoms with Crippen molar-refractivity contribution in [2.75, 3.05) is 11.1 Å². The molecule has 0 aromatic carbocycles. The maximum atomic E-state index is 12.4. The van der Waals surface area contributed by atoms with Gasteiger partial charge in [-0.25, -0.2) is 0 Å². The zero-order valence-corrected chi connectivity index (χ0v) is 12.5. The van der Waals surface area contributed by atoms with Crippen molar-refractivity contribution in [1.29, 1.82) is 0 Å². The van der Waals surface area contributed by atoms with Crippen LogP contribution in [-0.4, -0.2) is 31.5 Å². The minimum Gasteiger partial charge on any atom is -0.365 e. The Morgan fingerprint density at radius 2 is 2.00 bits per heavy atom. The minimum absolute atomic E-state index is 0.0212. The Morgan fingerprint density at radius 3 is 2.57 bits per heavy atom. The minimum atomic E-state index is -4.48. The van der Waals surface area contributed by atoms with Crippen molar-refractivity contribution >= 4 is 16.6 Å². The fourth-order valence-corrected chi connectivity index (χ4v) is 3.97. The van der Waals surface area contributed by atoms with Crippen molar-refractivity contribution in [3.63, 3.8) is 0 Å². The second-order valence-electron chi connectivity index (χ2n) is 5.04. The number of hydrogen-bond acceptors (Lipinski definition) is 4. The van der Waals surface area contributed by atoms with Gasteiger partial charge in [-0.1, -0.05) is 19.8 Å². The number of nitrogens with zero attached hydrogens (tertiary/aromatic N) is 2. The van der Waals surface area contributed by atoms with Crippen LogP contribution in [0.5, 0.6) is 0 Å². The molecule has 0 bridgehead atoms. The second-order valence-corrected chi connectivity index (χ2v) is 6.99. The third-order valence-electron chi connectivity index (χ3n) is 3.61. The lowest BCUT2D eigenvalue weighted by molar-refractivity contribution is -0.141. The molecule has 0 aliphatic heterocycles. The average molecular weight is 321 g/mol. The molecule has 4 nitrogen and oxygen atoms in total. The molecule has 3 atom stereocenters. The van der Waals surface area contributed by atoms with Gasteiger partial charge in [-0.2, -0.15) is 13.2 Å². The van der Waals surface area contributed by atoms with Gasteiger partial charge >= 0.3 is 6.18 Å². The molecule has 8 heteroatoms. The van der Waals surface area contributed by atoms with Crippen LogP contribution in [0.4, 0.5) is 19.0 Å². The molecule has 1 aromatic rings. The number of alkyl halides is 3. The van der Waals surface area contributed by atoms with E-state index in [0.717, 1.165) is 31.7 Å². The molecule has 1 aliphatic carbocycles. The lowest BCUT2D eigenvalue weighted by Gasteiger charge is -2.31. The summed E-state index contributed by atoms with van der Waals surface area (Å²) in [4.78, 5) is 0. The van der Waals surface area contributed by atoms with Crippen LogP contribution in [-0.2, 0) is 17.0 Å². The quantitative estimate of drug-likeness (QED) is 0.926. The van der Waals surface area contributed by atoms with Crippen LogP contribution >= 0.6 is 0 Å². The van der Waals surface area contributed by atoms with E-state index in [-0.39, 0.29) is 11.3 Å². The van der Waals surface area contributed by atoms with Gasteiger partial charge in [0.25, 0.3) is 0 Å². The van der Waals surface area contributed by atoms with Gasteiger partial charge in [-0.3, -0.25) is 4.21 Å². The van der Waals surface area contributed by atoms with Gasteiger partial charge in [0.1, 0.15) is 5.82 Å². The average Bonchev–Trinajstić information content (AvgIpc) is 2.46. The fraction of sp³-hybridized carbons (Fsp3) is 0.692. The van der Waals surface area contributed by atoms with Crippen LogP contribution in [0.3, 0.4) is 0 Å². The smallest absolute Gasteiger partial charge is 0.365 e. The van der Waals surface area contributed by atoms with Gasteiger partial charge in [-0.15, -0.1) is 10.2 Å². The van der Waals surface area contributed by atoms with Gasteiger partial charge in [0.2, 0.25) is 0 Å². The van der Waals surface area contributed by atoms with E-state index in [2.05, 4.69) is 15.5 Å². The predicted molar refractivity (Wildman–Crippen MR) is 75.4 cm³/mol. The van der Waals surface area contributed by atoms with E-state index in [1.54, 1.807) is 0 Å². The van der Waals surface area contributed by atoms with Crippen LogP contribution in [0, 0.1) is 0 Å². The first-order chi connectivity index (χ1) is 9.91. The molecule has 0 saturated heterocycles. The monoisotopic (exact) mass is 321 g/mol. The highest BCUT2D eigenvalue weighted by Crippen LogP contribution is 2.28. The molecule has 1 aromatic heterocycles. The Morgan fingerprint density at radius 1 is 1.29 bits per heavy atom. The second kappa shape index (κ2) is 6.72. The number of rotatable bonds is 4. The van der Waals surface area contributed by atoms with Crippen LogP contribution < -0.4 is 5.32 Å². The SMILES string of the molecule is CCS(=O)C1CCCCC1Nc1ccc(C(F)(F)F)nn1. The summed E-state index contributed by atoms with van der Waals surface area (Å²) in [5.41, 5.74) is -1.01. The highest BCUT2D eigenvalue weighted by atomic mass is 32.2. The predicted octanol–water partition coefficient (Wildman–Crippen LogP) is 2.99. The molecule has 1 fully saturated rings. The molecular weight excluding hydrogens is 303 g/mol. The standard InChI is InChI=1S/C13H18F3N3OS/c1-2-21(20)10-6-4-3-5-9(10)17-12-8-7-11(18-19-12)13(14,15)16/h7-10H,2-6H2,1H3,(H,17,19). The summed E-state index contributed by atoms with van der Waals surface area (Å²) in [5, 5.41) is 9.88. The topological polar surface area (TPSA) is 54.9 Å². The number of halogens is 3. The summed E-state index contributed by atoms with van der Waals surface area (Å²) in [6.45, 7) is 1.87. The summed E-state index contributed by atoms with van der Waals surface area (Å²) >= 11 is 0. The molecule has 3 unspecified atom stereocenters. The van der Waals surface area contributed by atoms with Crippen molar-refractivity contribution in [2.24, 2.45) is 0 Å². The summed E-state index contributed by atoms with van der Waals surface area (Å²) in [7, 11) is -0.926. The first-order valence-electron chi connectivity index (χ1n) is 6.96. The third kappa shape index (κ3) is 4.15. The van der Waals surface area contributed by atoms with E-state index >= 15 is 0 Å². The van der Waals surface area contributed by atoms with Crippen LogP contribution in [0.2, 0.25) is 0 Å². The van der Waals surface area contributed by atoms with E-state index in [1.165, 1.54) is 6.07 Å². The largest absolute Gasteiger partial charge is 0.435 e. The molecule has 2 rings (SSSR count). The zero-order valence-electron chi connectivity index (χ0n) is 11.7. The van der Waals surface area contributed by atoms with Gasteiger partial charge in [0.05, 0.1) is 5.25 Å². The number of aromatic nitrogens is 2. The van der Waals surface area contributed by atoms with Gasteiger partial charge in [-0.05, 0) is 25.0 Å². The Hall–Kier alpha value is -1.18. The van der Waals surface area contributed by atoms with Gasteiger partial charge in [0, 0.05) is 22.6 Å². The van der Waals surface area contributed by atoms with E-state index in [0.29, 0.717) is 11.6 Å². The number of nitrogens with one attached hydrogen (secondary N) is 1. The first kappa shape index (κ1) is 16.2. The fourth-order valence-electron chi connectivity index (χ4n) is 2.54. The molecule has 118 valence electrons. The van der Waals surface area contributed by atoms with E-state index in [4.69, 9.17) is 0 Å². The molecule has 0 radical (unpaired) electrons. The molecule has 0 spiro atoms. The Labute approximate surface area is 124 Å². The van der Waals surface area contributed by atoms with Crippen molar-refractivity contribution in [1.82, 2.24) is 10.2 Å². The lowest BCUT2D eigenvalue weighted by atomic mass is 9.95.